The molecule has 0 aliphatic heterocycles. The van der Waals surface area contributed by atoms with Crippen LogP contribution >= 0.6 is 11.3 Å². The molecule has 3 aromatic rings. The van der Waals surface area contributed by atoms with Crippen LogP contribution < -0.4 is 4.80 Å². The number of rotatable bonds is 3. The van der Waals surface area contributed by atoms with E-state index < -0.39 is 0 Å². The number of nitrogens with zero attached hydrogens (tertiary/aromatic N) is 2. The number of amides is 1. The zero-order chi connectivity index (χ0) is 17.1. The second-order valence-electron chi connectivity index (χ2n) is 5.68. The Bertz CT molecular complexity index is 919. The molecule has 3 rings (SSSR count). The van der Waals surface area contributed by atoms with Crippen LogP contribution in [0.3, 0.4) is 0 Å². The molecule has 1 amide bonds. The van der Waals surface area contributed by atoms with Gasteiger partial charge < -0.3 is 4.57 Å². The Hall–Kier alpha value is -2.46. The van der Waals surface area contributed by atoms with Gasteiger partial charge in [0.15, 0.2) is 4.80 Å². The summed E-state index contributed by atoms with van der Waals surface area (Å²) in [6, 6.07) is 17.8. The maximum absolute atomic E-state index is 12.5. The van der Waals surface area contributed by atoms with E-state index in [1.165, 1.54) is 4.88 Å². The molecular formula is C20H20N2OS. The number of carbonyl (C=O) groups is 1. The smallest absolute Gasteiger partial charge is 0.279 e. The van der Waals surface area contributed by atoms with Gasteiger partial charge >= 0.3 is 0 Å². The molecule has 0 spiro atoms. The Morgan fingerprint density at radius 3 is 2.33 bits per heavy atom. The van der Waals surface area contributed by atoms with Crippen molar-refractivity contribution in [2.24, 2.45) is 4.99 Å². The van der Waals surface area contributed by atoms with Crippen molar-refractivity contribution >= 4 is 17.2 Å². The molecule has 0 aliphatic rings. The van der Waals surface area contributed by atoms with Crippen molar-refractivity contribution in [3.63, 3.8) is 0 Å². The van der Waals surface area contributed by atoms with E-state index >= 15 is 0 Å². The minimum absolute atomic E-state index is 0.196. The predicted octanol–water partition coefficient (Wildman–Crippen LogP) is 4.59. The summed E-state index contributed by atoms with van der Waals surface area (Å²) in [5.41, 5.74) is 4.04. The number of thiazole rings is 1. The van der Waals surface area contributed by atoms with Crippen molar-refractivity contribution in [3.05, 3.63) is 75.4 Å². The molecule has 0 N–H and O–H groups in total. The lowest BCUT2D eigenvalue weighted by Gasteiger charge is -2.07. The highest BCUT2D eigenvalue weighted by Crippen LogP contribution is 2.25. The fourth-order valence-electron chi connectivity index (χ4n) is 2.71. The van der Waals surface area contributed by atoms with Gasteiger partial charge in [0.05, 0.1) is 5.69 Å². The van der Waals surface area contributed by atoms with Crippen LogP contribution in [0.1, 0.15) is 27.7 Å². The molecular weight excluding hydrogens is 316 g/mol. The highest BCUT2D eigenvalue weighted by Gasteiger charge is 2.12. The maximum atomic E-state index is 12.5. The summed E-state index contributed by atoms with van der Waals surface area (Å²) in [6.07, 6.45) is 0. The monoisotopic (exact) mass is 336 g/mol. The second kappa shape index (κ2) is 6.97. The third kappa shape index (κ3) is 3.24. The Kier molecular flexibility index (Phi) is 4.76. The molecule has 0 saturated heterocycles. The predicted molar refractivity (Wildman–Crippen MR) is 99.2 cm³/mol. The first-order valence-corrected chi connectivity index (χ1v) is 8.83. The van der Waals surface area contributed by atoms with Crippen LogP contribution in [0.5, 0.6) is 0 Å². The first kappa shape index (κ1) is 16.4. The van der Waals surface area contributed by atoms with Gasteiger partial charge in [-0.1, -0.05) is 48.0 Å². The fourth-order valence-corrected chi connectivity index (χ4v) is 3.76. The number of benzene rings is 2. The van der Waals surface area contributed by atoms with Gasteiger partial charge in [-0.25, -0.2) is 0 Å². The number of hydrogen-bond acceptors (Lipinski definition) is 2. The van der Waals surface area contributed by atoms with Crippen LogP contribution in [0, 0.1) is 13.8 Å². The highest BCUT2D eigenvalue weighted by atomic mass is 32.1. The van der Waals surface area contributed by atoms with Gasteiger partial charge in [-0.2, -0.15) is 4.99 Å². The third-order valence-electron chi connectivity index (χ3n) is 3.94. The molecule has 0 saturated carbocycles. The van der Waals surface area contributed by atoms with Crippen molar-refractivity contribution in [3.8, 4) is 11.3 Å². The average Bonchev–Trinajstić information content (AvgIpc) is 2.91. The summed E-state index contributed by atoms with van der Waals surface area (Å²) in [5, 5.41) is 0. The van der Waals surface area contributed by atoms with Crippen LogP contribution in [0.25, 0.3) is 11.3 Å². The molecule has 1 aromatic heterocycles. The lowest BCUT2D eigenvalue weighted by molar-refractivity contribution is 0.0998. The van der Waals surface area contributed by atoms with Crippen molar-refractivity contribution in [1.82, 2.24) is 4.57 Å². The Balaban J connectivity index is 2.09. The molecule has 2 aromatic carbocycles. The van der Waals surface area contributed by atoms with Gasteiger partial charge in [-0.3, -0.25) is 4.79 Å². The molecule has 0 fully saturated rings. The molecule has 122 valence electrons. The van der Waals surface area contributed by atoms with Crippen molar-refractivity contribution in [2.75, 3.05) is 0 Å². The normalized spacial score (nSPS) is 11.7. The van der Waals surface area contributed by atoms with E-state index in [1.807, 2.05) is 49.4 Å². The summed E-state index contributed by atoms with van der Waals surface area (Å²) >= 11 is 1.56. The lowest BCUT2D eigenvalue weighted by atomic mass is 10.1. The van der Waals surface area contributed by atoms with E-state index in [0.717, 1.165) is 28.2 Å². The van der Waals surface area contributed by atoms with E-state index in [-0.39, 0.29) is 5.91 Å². The van der Waals surface area contributed by atoms with Crippen LogP contribution in [0.15, 0.2) is 59.6 Å². The summed E-state index contributed by atoms with van der Waals surface area (Å²) in [4.78, 5) is 18.8. The van der Waals surface area contributed by atoms with Crippen LogP contribution in [0.4, 0.5) is 0 Å². The molecule has 0 radical (unpaired) electrons. The number of aromatic nitrogens is 1. The first-order valence-electron chi connectivity index (χ1n) is 8.01. The minimum Gasteiger partial charge on any atom is -0.316 e. The van der Waals surface area contributed by atoms with Crippen LogP contribution in [-0.2, 0) is 6.54 Å². The van der Waals surface area contributed by atoms with Gasteiger partial charge in [0, 0.05) is 17.0 Å². The number of hydrogen-bond donors (Lipinski definition) is 0. The molecule has 0 aliphatic carbocycles. The Labute approximate surface area is 145 Å². The van der Waals surface area contributed by atoms with E-state index in [1.54, 1.807) is 11.3 Å². The van der Waals surface area contributed by atoms with Crippen molar-refractivity contribution in [1.29, 1.82) is 0 Å². The van der Waals surface area contributed by atoms with E-state index in [2.05, 4.69) is 35.5 Å². The van der Waals surface area contributed by atoms with Crippen molar-refractivity contribution in [2.45, 2.75) is 27.3 Å². The van der Waals surface area contributed by atoms with Gasteiger partial charge in [0.2, 0.25) is 0 Å². The van der Waals surface area contributed by atoms with Gasteiger partial charge in [0.25, 0.3) is 5.91 Å². The Morgan fingerprint density at radius 1 is 1.04 bits per heavy atom. The summed E-state index contributed by atoms with van der Waals surface area (Å²) < 4.78 is 2.11. The van der Waals surface area contributed by atoms with E-state index in [0.29, 0.717) is 5.56 Å². The SMILES string of the molecule is CCn1c(-c2ccccc2)c(C)sc1=NC(=O)c1ccc(C)cc1. The van der Waals surface area contributed by atoms with E-state index in [9.17, 15) is 4.79 Å². The fraction of sp³-hybridized carbons (Fsp3) is 0.200. The summed E-state index contributed by atoms with van der Waals surface area (Å²) in [6.45, 7) is 6.93. The molecule has 0 bridgehead atoms. The number of carbonyl (C=O) groups excluding carboxylic acids is 1. The lowest BCUT2D eigenvalue weighted by Crippen LogP contribution is -2.17. The zero-order valence-electron chi connectivity index (χ0n) is 14.1. The molecule has 24 heavy (non-hydrogen) atoms. The topological polar surface area (TPSA) is 34.4 Å². The highest BCUT2D eigenvalue weighted by molar-refractivity contribution is 7.09. The number of aryl methyl sites for hydroxylation is 2. The van der Waals surface area contributed by atoms with E-state index in [4.69, 9.17) is 0 Å². The minimum atomic E-state index is -0.196. The molecule has 3 nitrogen and oxygen atoms in total. The average molecular weight is 336 g/mol. The van der Waals surface area contributed by atoms with Crippen LogP contribution in [-0.4, -0.2) is 10.5 Å². The van der Waals surface area contributed by atoms with Gasteiger partial charge in [-0.15, -0.1) is 11.3 Å². The maximum Gasteiger partial charge on any atom is 0.279 e. The quantitative estimate of drug-likeness (QED) is 0.688. The second-order valence-corrected chi connectivity index (χ2v) is 6.86. The standard InChI is InChI=1S/C20H20N2OS/c1-4-22-18(16-8-6-5-7-9-16)15(3)24-20(22)21-19(23)17-12-10-14(2)11-13-17/h5-13H,4H2,1-3H3. The van der Waals surface area contributed by atoms with Gasteiger partial charge in [0.1, 0.15) is 0 Å². The third-order valence-corrected chi connectivity index (χ3v) is 4.93. The molecule has 4 heteroatoms. The summed E-state index contributed by atoms with van der Waals surface area (Å²) in [5.74, 6) is -0.196. The van der Waals surface area contributed by atoms with Crippen molar-refractivity contribution < 1.29 is 4.79 Å². The largest absolute Gasteiger partial charge is 0.316 e. The molecule has 1 heterocycles. The first-order chi connectivity index (χ1) is 11.6. The molecule has 0 unspecified atom stereocenters. The van der Waals surface area contributed by atoms with Gasteiger partial charge in [-0.05, 0) is 38.5 Å². The Morgan fingerprint density at radius 2 is 1.71 bits per heavy atom. The van der Waals surface area contributed by atoms with Crippen LogP contribution in [0.2, 0.25) is 0 Å². The summed E-state index contributed by atoms with van der Waals surface area (Å²) in [7, 11) is 0. The zero-order valence-corrected chi connectivity index (χ0v) is 14.9. The molecule has 0 atom stereocenters.